The molecule has 0 aliphatic heterocycles. The molecule has 1 aromatic carbocycles. The number of carbonyl (C=O) groups is 2. The molecule has 0 saturated heterocycles. The van der Waals surface area contributed by atoms with Gasteiger partial charge in [0.05, 0.1) is 23.4 Å². The predicted octanol–water partition coefficient (Wildman–Crippen LogP) is 2.07. The number of nitrogens with zero attached hydrogens (tertiary/aromatic N) is 1. The molecule has 0 aliphatic carbocycles. The Balaban J connectivity index is 2.92. The molecule has 0 aromatic heterocycles. The summed E-state index contributed by atoms with van der Waals surface area (Å²) >= 11 is 0. The van der Waals surface area contributed by atoms with Crippen LogP contribution in [-0.4, -0.2) is 34.4 Å². The number of nitriles is 1. The van der Waals surface area contributed by atoms with Crippen molar-refractivity contribution in [2.75, 3.05) is 5.32 Å². The normalized spacial score (nSPS) is 13.5. The smallest absolute Gasteiger partial charge is 0.405 e. The molecule has 0 heterocycles. The standard InChI is InChI=1S/C16H20FN3O4/c1-16(2,3)13(21)7-12(20-15(23)24)14(22)19-11-5-4-9(8-18)6-10(11)17/h4-6,12-13,20-21H,7H2,1-3H3,(H,19,22)(H,23,24)/t12-,13?/m0/s1. The Bertz CT molecular complexity index is 664. The van der Waals surface area contributed by atoms with Gasteiger partial charge in [-0.15, -0.1) is 0 Å². The topological polar surface area (TPSA) is 122 Å². The molecule has 0 fully saturated rings. The number of carboxylic acid groups (broad SMARTS) is 1. The number of hydrogen-bond donors (Lipinski definition) is 4. The monoisotopic (exact) mass is 337 g/mol. The van der Waals surface area contributed by atoms with Crippen LogP contribution in [0.5, 0.6) is 0 Å². The van der Waals surface area contributed by atoms with Gasteiger partial charge >= 0.3 is 6.09 Å². The molecular formula is C16H20FN3O4. The maximum atomic E-state index is 13.8. The van der Waals surface area contributed by atoms with Crippen LogP contribution in [0.15, 0.2) is 18.2 Å². The van der Waals surface area contributed by atoms with Crippen LogP contribution >= 0.6 is 0 Å². The minimum atomic E-state index is -1.43. The first kappa shape index (κ1) is 19.4. The molecular weight excluding hydrogens is 317 g/mol. The van der Waals surface area contributed by atoms with E-state index in [1.165, 1.54) is 12.1 Å². The zero-order valence-electron chi connectivity index (χ0n) is 13.6. The molecule has 4 N–H and O–H groups in total. The number of rotatable bonds is 5. The van der Waals surface area contributed by atoms with E-state index in [1.54, 1.807) is 26.8 Å². The molecule has 2 atom stereocenters. The van der Waals surface area contributed by atoms with E-state index in [1.807, 2.05) is 5.32 Å². The number of nitrogens with one attached hydrogen (secondary N) is 2. The number of aliphatic hydroxyl groups is 1. The first-order valence-corrected chi connectivity index (χ1v) is 7.22. The quantitative estimate of drug-likeness (QED) is 0.655. The number of benzene rings is 1. The van der Waals surface area contributed by atoms with Gasteiger partial charge < -0.3 is 20.8 Å². The second kappa shape index (κ2) is 7.75. The van der Waals surface area contributed by atoms with E-state index in [9.17, 15) is 19.1 Å². The summed E-state index contributed by atoms with van der Waals surface area (Å²) < 4.78 is 13.8. The first-order chi connectivity index (χ1) is 11.0. The lowest BCUT2D eigenvalue weighted by molar-refractivity contribution is -0.119. The maximum Gasteiger partial charge on any atom is 0.405 e. The Labute approximate surface area is 139 Å². The number of anilines is 1. The highest BCUT2D eigenvalue weighted by atomic mass is 19.1. The third-order valence-electron chi connectivity index (χ3n) is 3.43. The van der Waals surface area contributed by atoms with E-state index in [0.29, 0.717) is 0 Å². The van der Waals surface area contributed by atoms with E-state index in [-0.39, 0.29) is 17.7 Å². The molecule has 1 aromatic rings. The van der Waals surface area contributed by atoms with Gasteiger partial charge in [-0.3, -0.25) is 4.79 Å². The molecule has 7 nitrogen and oxygen atoms in total. The summed E-state index contributed by atoms with van der Waals surface area (Å²) in [7, 11) is 0. The van der Waals surface area contributed by atoms with Crippen LogP contribution in [0.3, 0.4) is 0 Å². The number of aliphatic hydroxyl groups excluding tert-OH is 1. The highest BCUT2D eigenvalue weighted by Crippen LogP contribution is 2.23. The third-order valence-corrected chi connectivity index (χ3v) is 3.43. The molecule has 8 heteroatoms. The number of hydrogen-bond acceptors (Lipinski definition) is 4. The first-order valence-electron chi connectivity index (χ1n) is 7.22. The van der Waals surface area contributed by atoms with Crippen LogP contribution in [0.4, 0.5) is 14.9 Å². The van der Waals surface area contributed by atoms with Crippen LogP contribution in [0.25, 0.3) is 0 Å². The van der Waals surface area contributed by atoms with Crippen LogP contribution < -0.4 is 10.6 Å². The molecule has 1 unspecified atom stereocenters. The highest BCUT2D eigenvalue weighted by molar-refractivity contribution is 5.96. The Morgan fingerprint density at radius 1 is 1.38 bits per heavy atom. The zero-order valence-corrected chi connectivity index (χ0v) is 13.6. The third kappa shape index (κ3) is 5.52. The van der Waals surface area contributed by atoms with Crippen LogP contribution in [0, 0.1) is 22.6 Å². The fourth-order valence-electron chi connectivity index (χ4n) is 1.86. The number of amides is 2. The van der Waals surface area contributed by atoms with E-state index in [4.69, 9.17) is 10.4 Å². The molecule has 130 valence electrons. The fraction of sp³-hybridized carbons (Fsp3) is 0.438. The lowest BCUT2D eigenvalue weighted by Crippen LogP contribution is -2.47. The van der Waals surface area contributed by atoms with Gasteiger partial charge in [-0.25, -0.2) is 9.18 Å². The predicted molar refractivity (Wildman–Crippen MR) is 84.8 cm³/mol. The van der Waals surface area contributed by atoms with Gasteiger partial charge in [0, 0.05) is 6.42 Å². The summed E-state index contributed by atoms with van der Waals surface area (Å²) in [4.78, 5) is 23.1. The molecule has 24 heavy (non-hydrogen) atoms. The second-order valence-electron chi connectivity index (χ2n) is 6.42. The summed E-state index contributed by atoms with van der Waals surface area (Å²) in [6.45, 7) is 5.23. The largest absolute Gasteiger partial charge is 0.465 e. The molecule has 1 rings (SSSR count). The number of halogens is 1. The minimum absolute atomic E-state index is 0.0915. The molecule has 0 bridgehead atoms. The van der Waals surface area contributed by atoms with E-state index >= 15 is 0 Å². The van der Waals surface area contributed by atoms with Crippen LogP contribution in [-0.2, 0) is 4.79 Å². The van der Waals surface area contributed by atoms with Crippen molar-refractivity contribution in [3.05, 3.63) is 29.6 Å². The molecule has 0 radical (unpaired) electrons. The number of carbonyl (C=O) groups excluding carboxylic acids is 1. The van der Waals surface area contributed by atoms with Gasteiger partial charge in [0.15, 0.2) is 0 Å². The van der Waals surface area contributed by atoms with E-state index in [2.05, 4.69) is 5.32 Å². The van der Waals surface area contributed by atoms with Crippen molar-refractivity contribution >= 4 is 17.7 Å². The van der Waals surface area contributed by atoms with Crippen molar-refractivity contribution in [1.29, 1.82) is 5.26 Å². The van der Waals surface area contributed by atoms with Crippen molar-refractivity contribution in [3.8, 4) is 6.07 Å². The average molecular weight is 337 g/mol. The Morgan fingerprint density at radius 3 is 2.46 bits per heavy atom. The van der Waals surface area contributed by atoms with Crippen molar-refractivity contribution in [3.63, 3.8) is 0 Å². The van der Waals surface area contributed by atoms with Gasteiger partial charge in [0.1, 0.15) is 11.9 Å². The van der Waals surface area contributed by atoms with Crippen molar-refractivity contribution < 1.29 is 24.2 Å². The summed E-state index contributed by atoms with van der Waals surface area (Å²) in [6.07, 6.45) is -2.55. The summed E-state index contributed by atoms with van der Waals surface area (Å²) in [5.41, 5.74) is -0.645. The van der Waals surface area contributed by atoms with Crippen molar-refractivity contribution in [1.82, 2.24) is 5.32 Å². The SMILES string of the molecule is CC(C)(C)C(O)C[C@H](NC(=O)O)C(=O)Nc1ccc(C#N)cc1F. The van der Waals surface area contributed by atoms with E-state index < -0.39 is 35.4 Å². The summed E-state index contributed by atoms with van der Waals surface area (Å²) in [5.74, 6) is -1.61. The highest BCUT2D eigenvalue weighted by Gasteiger charge is 2.30. The van der Waals surface area contributed by atoms with E-state index in [0.717, 1.165) is 6.07 Å². The van der Waals surface area contributed by atoms with Gasteiger partial charge in [0.25, 0.3) is 0 Å². The minimum Gasteiger partial charge on any atom is -0.465 e. The average Bonchev–Trinajstić information content (AvgIpc) is 2.46. The van der Waals surface area contributed by atoms with Gasteiger partial charge in [-0.1, -0.05) is 20.8 Å². The maximum absolute atomic E-state index is 13.8. The molecule has 0 aliphatic rings. The van der Waals surface area contributed by atoms with Crippen molar-refractivity contribution in [2.45, 2.75) is 39.3 Å². The lowest BCUT2D eigenvalue weighted by atomic mass is 9.85. The molecule has 0 spiro atoms. The fourth-order valence-corrected chi connectivity index (χ4v) is 1.86. The van der Waals surface area contributed by atoms with Gasteiger partial charge in [-0.2, -0.15) is 5.26 Å². The lowest BCUT2D eigenvalue weighted by Gasteiger charge is -2.29. The summed E-state index contributed by atoms with van der Waals surface area (Å²) in [6, 6.07) is 4.00. The summed E-state index contributed by atoms with van der Waals surface area (Å²) in [5, 5.41) is 31.9. The molecule has 0 saturated carbocycles. The Hall–Kier alpha value is -2.66. The van der Waals surface area contributed by atoms with Gasteiger partial charge in [-0.05, 0) is 23.6 Å². The Kier molecular flexibility index (Phi) is 6.26. The molecule has 2 amide bonds. The van der Waals surface area contributed by atoms with Crippen LogP contribution in [0.1, 0.15) is 32.8 Å². The second-order valence-corrected chi connectivity index (χ2v) is 6.42. The van der Waals surface area contributed by atoms with Crippen molar-refractivity contribution in [2.24, 2.45) is 5.41 Å². The van der Waals surface area contributed by atoms with Gasteiger partial charge in [0.2, 0.25) is 5.91 Å². The van der Waals surface area contributed by atoms with Crippen LogP contribution in [0.2, 0.25) is 0 Å². The Morgan fingerprint density at radius 2 is 2.00 bits per heavy atom. The zero-order chi connectivity index (χ0) is 18.5.